The Morgan fingerprint density at radius 1 is 1.14 bits per heavy atom. The molecule has 4 heteroatoms. The van der Waals surface area contributed by atoms with Gasteiger partial charge in [0, 0.05) is 18.6 Å². The van der Waals surface area contributed by atoms with Crippen LogP contribution in [0.25, 0.3) is 0 Å². The molecule has 1 unspecified atom stereocenters. The van der Waals surface area contributed by atoms with Crippen LogP contribution in [0.2, 0.25) is 0 Å². The van der Waals surface area contributed by atoms with E-state index in [0.717, 1.165) is 5.56 Å². The smallest absolute Gasteiger partial charge is 0.240 e. The fraction of sp³-hybridized carbons (Fsp3) is 0.588. The number of hydrogen-bond acceptors (Lipinski definition) is 2. The van der Waals surface area contributed by atoms with Crippen LogP contribution in [-0.2, 0) is 11.3 Å². The molecule has 118 valence electrons. The molecule has 0 aliphatic carbocycles. The minimum absolute atomic E-state index is 0.110. The molecule has 0 radical (unpaired) electrons. The maximum atomic E-state index is 13.2. The van der Waals surface area contributed by atoms with Crippen molar-refractivity contribution < 1.29 is 9.18 Å². The summed E-state index contributed by atoms with van der Waals surface area (Å²) < 4.78 is 13.2. The van der Waals surface area contributed by atoms with E-state index in [1.807, 2.05) is 57.5 Å². The Morgan fingerprint density at radius 2 is 1.71 bits per heavy atom. The van der Waals surface area contributed by atoms with E-state index in [4.69, 9.17) is 0 Å². The summed E-state index contributed by atoms with van der Waals surface area (Å²) in [5.41, 5.74) is 0.873. The van der Waals surface area contributed by atoms with Crippen molar-refractivity contribution in [1.82, 2.24) is 9.80 Å². The molecule has 0 heterocycles. The van der Waals surface area contributed by atoms with Gasteiger partial charge < -0.3 is 4.90 Å². The van der Waals surface area contributed by atoms with E-state index in [2.05, 4.69) is 0 Å². The normalized spacial score (nSPS) is 13.0. The van der Waals surface area contributed by atoms with E-state index in [9.17, 15) is 9.18 Å². The monoisotopic (exact) mass is 294 g/mol. The molecular weight excluding hydrogens is 267 g/mol. The number of hydrogen-bond donors (Lipinski definition) is 0. The van der Waals surface area contributed by atoms with Gasteiger partial charge in [-0.3, -0.25) is 9.69 Å². The van der Waals surface area contributed by atoms with Gasteiger partial charge in [0.1, 0.15) is 5.82 Å². The van der Waals surface area contributed by atoms with Crippen molar-refractivity contribution in [2.24, 2.45) is 0 Å². The first-order valence-electron chi connectivity index (χ1n) is 7.51. The molecule has 0 N–H and O–H groups in total. The zero-order chi connectivity index (χ0) is 16.2. The Balaban J connectivity index is 2.77. The molecule has 0 saturated heterocycles. The van der Waals surface area contributed by atoms with Crippen LogP contribution in [0.5, 0.6) is 0 Å². The van der Waals surface area contributed by atoms with E-state index in [0.29, 0.717) is 6.54 Å². The summed E-state index contributed by atoms with van der Waals surface area (Å²) in [6.07, 6.45) is 0. The molecule has 0 bridgehead atoms. The molecule has 1 rings (SSSR count). The van der Waals surface area contributed by atoms with Crippen molar-refractivity contribution in [2.75, 3.05) is 7.05 Å². The molecule has 3 nitrogen and oxygen atoms in total. The molecule has 0 aromatic heterocycles. The van der Waals surface area contributed by atoms with Gasteiger partial charge in [0.2, 0.25) is 5.91 Å². The third-order valence-electron chi connectivity index (χ3n) is 3.71. The number of likely N-dealkylation sites (N-methyl/N-ethyl adjacent to an activating group) is 1. The van der Waals surface area contributed by atoms with Crippen molar-refractivity contribution in [1.29, 1.82) is 0 Å². The van der Waals surface area contributed by atoms with Crippen molar-refractivity contribution in [3.63, 3.8) is 0 Å². The van der Waals surface area contributed by atoms with Crippen LogP contribution in [0.15, 0.2) is 24.3 Å². The first-order chi connectivity index (χ1) is 9.73. The molecule has 0 aliphatic heterocycles. The highest BCUT2D eigenvalue weighted by molar-refractivity contribution is 5.82. The van der Waals surface area contributed by atoms with Crippen molar-refractivity contribution >= 4 is 5.91 Å². The van der Waals surface area contributed by atoms with Gasteiger partial charge in [-0.05, 0) is 59.4 Å². The van der Waals surface area contributed by atoms with E-state index in [-0.39, 0.29) is 29.8 Å². The average Bonchev–Trinajstić information content (AvgIpc) is 2.36. The number of amides is 1. The lowest BCUT2D eigenvalue weighted by atomic mass is 10.1. The molecule has 1 aromatic carbocycles. The van der Waals surface area contributed by atoms with Gasteiger partial charge in [0.05, 0.1) is 6.04 Å². The van der Waals surface area contributed by atoms with Gasteiger partial charge in [-0.15, -0.1) is 0 Å². The largest absolute Gasteiger partial charge is 0.336 e. The lowest BCUT2D eigenvalue weighted by Crippen LogP contribution is -2.50. The van der Waals surface area contributed by atoms with Crippen LogP contribution in [-0.4, -0.2) is 40.9 Å². The molecule has 1 aromatic rings. The summed E-state index contributed by atoms with van der Waals surface area (Å²) in [4.78, 5) is 16.5. The fourth-order valence-corrected chi connectivity index (χ4v) is 2.57. The van der Waals surface area contributed by atoms with Crippen LogP contribution < -0.4 is 0 Å². The summed E-state index contributed by atoms with van der Waals surface area (Å²) in [7, 11) is 1.90. The van der Waals surface area contributed by atoms with Crippen LogP contribution >= 0.6 is 0 Å². The Bertz CT molecular complexity index is 466. The summed E-state index contributed by atoms with van der Waals surface area (Å²) in [5, 5.41) is 0. The number of benzene rings is 1. The zero-order valence-corrected chi connectivity index (χ0v) is 13.9. The second kappa shape index (κ2) is 7.55. The number of carbonyl (C=O) groups excluding carboxylic acids is 1. The first-order valence-corrected chi connectivity index (χ1v) is 7.51. The SMILES string of the molecule is CC(C(=O)N(C(C)C)C(C)C)N(C)Cc1cccc(F)c1. The summed E-state index contributed by atoms with van der Waals surface area (Å²) in [6.45, 7) is 10.6. The van der Waals surface area contributed by atoms with Gasteiger partial charge in [-0.2, -0.15) is 0 Å². The van der Waals surface area contributed by atoms with Crippen molar-refractivity contribution in [2.45, 2.75) is 59.3 Å². The van der Waals surface area contributed by atoms with Crippen LogP contribution in [0.1, 0.15) is 40.2 Å². The molecule has 1 amide bonds. The second-order valence-electron chi connectivity index (χ2n) is 6.15. The lowest BCUT2D eigenvalue weighted by Gasteiger charge is -2.35. The van der Waals surface area contributed by atoms with Crippen LogP contribution in [0, 0.1) is 5.82 Å². The van der Waals surface area contributed by atoms with Crippen LogP contribution in [0.3, 0.4) is 0 Å². The number of nitrogens with zero attached hydrogens (tertiary/aromatic N) is 2. The minimum atomic E-state index is -0.245. The average molecular weight is 294 g/mol. The Kier molecular flexibility index (Phi) is 6.34. The summed E-state index contributed by atoms with van der Waals surface area (Å²) in [5.74, 6) is -0.134. The van der Waals surface area contributed by atoms with Crippen molar-refractivity contribution in [3.8, 4) is 0 Å². The Morgan fingerprint density at radius 3 is 2.19 bits per heavy atom. The van der Waals surface area contributed by atoms with E-state index < -0.39 is 0 Å². The van der Waals surface area contributed by atoms with Gasteiger partial charge >= 0.3 is 0 Å². The maximum absolute atomic E-state index is 13.2. The number of carbonyl (C=O) groups is 1. The Hall–Kier alpha value is -1.42. The van der Waals surface area contributed by atoms with Gasteiger partial charge in [-0.25, -0.2) is 4.39 Å². The maximum Gasteiger partial charge on any atom is 0.240 e. The van der Waals surface area contributed by atoms with E-state index in [1.54, 1.807) is 6.07 Å². The minimum Gasteiger partial charge on any atom is -0.336 e. The van der Waals surface area contributed by atoms with E-state index >= 15 is 0 Å². The third-order valence-corrected chi connectivity index (χ3v) is 3.71. The van der Waals surface area contributed by atoms with Crippen LogP contribution in [0.4, 0.5) is 4.39 Å². The quantitative estimate of drug-likeness (QED) is 0.804. The number of rotatable bonds is 6. The summed E-state index contributed by atoms with van der Waals surface area (Å²) >= 11 is 0. The Labute approximate surface area is 127 Å². The molecular formula is C17H27FN2O. The topological polar surface area (TPSA) is 23.6 Å². The second-order valence-corrected chi connectivity index (χ2v) is 6.15. The van der Waals surface area contributed by atoms with Crippen molar-refractivity contribution in [3.05, 3.63) is 35.6 Å². The lowest BCUT2D eigenvalue weighted by molar-refractivity contribution is -0.139. The molecule has 0 saturated carbocycles. The highest BCUT2D eigenvalue weighted by Crippen LogP contribution is 2.13. The van der Waals surface area contributed by atoms with E-state index in [1.165, 1.54) is 12.1 Å². The number of halogens is 1. The first kappa shape index (κ1) is 17.6. The highest BCUT2D eigenvalue weighted by Gasteiger charge is 2.27. The standard InChI is InChI=1S/C17H27FN2O/c1-12(2)20(13(3)4)17(21)14(5)19(6)11-15-8-7-9-16(18)10-15/h7-10,12-14H,11H2,1-6H3. The van der Waals surface area contributed by atoms with Gasteiger partial charge in [0.25, 0.3) is 0 Å². The van der Waals surface area contributed by atoms with Gasteiger partial charge in [-0.1, -0.05) is 12.1 Å². The van der Waals surface area contributed by atoms with Gasteiger partial charge in [0.15, 0.2) is 0 Å². The molecule has 1 atom stereocenters. The predicted octanol–water partition coefficient (Wildman–Crippen LogP) is 3.29. The zero-order valence-electron chi connectivity index (χ0n) is 13.9. The molecule has 0 spiro atoms. The molecule has 0 aliphatic rings. The fourth-order valence-electron chi connectivity index (χ4n) is 2.57. The molecule has 21 heavy (non-hydrogen) atoms. The third kappa shape index (κ3) is 4.81. The molecule has 0 fully saturated rings. The summed E-state index contributed by atoms with van der Waals surface area (Å²) in [6, 6.07) is 6.61. The predicted molar refractivity (Wildman–Crippen MR) is 84.4 cm³/mol. The highest BCUT2D eigenvalue weighted by atomic mass is 19.1.